The predicted molar refractivity (Wildman–Crippen MR) is 127 cm³/mol. The molecule has 184 valence electrons. The Morgan fingerprint density at radius 2 is 1.74 bits per heavy atom. The highest BCUT2D eigenvalue weighted by molar-refractivity contribution is 5.98. The Bertz CT molecular complexity index is 1110. The number of benzene rings is 2. The van der Waals surface area contributed by atoms with Gasteiger partial charge in [0.25, 0.3) is 17.5 Å². The first kappa shape index (κ1) is 24.3. The van der Waals surface area contributed by atoms with Crippen molar-refractivity contribution in [2.45, 2.75) is 38.0 Å². The zero-order valence-electron chi connectivity index (χ0n) is 19.5. The minimum Gasteiger partial charge on any atom is -0.354 e. The maximum absolute atomic E-state index is 13.6. The monoisotopic (exact) mass is 480 g/mol. The van der Waals surface area contributed by atoms with Crippen LogP contribution in [0.5, 0.6) is 0 Å². The molecule has 2 fully saturated rings. The molecule has 2 heterocycles. The van der Waals surface area contributed by atoms with Crippen molar-refractivity contribution in [3.63, 3.8) is 0 Å². The molecule has 1 N–H and O–H groups in total. The van der Waals surface area contributed by atoms with Gasteiger partial charge >= 0.3 is 0 Å². The summed E-state index contributed by atoms with van der Waals surface area (Å²) in [6.07, 6.45) is 1.42. The smallest absolute Gasteiger partial charge is 0.270 e. The van der Waals surface area contributed by atoms with Crippen molar-refractivity contribution in [2.24, 2.45) is 0 Å². The number of nitro groups is 1. The number of nitrogens with zero attached hydrogens (tertiary/aromatic N) is 3. The van der Waals surface area contributed by atoms with Gasteiger partial charge in [0.2, 0.25) is 5.91 Å². The van der Waals surface area contributed by atoms with Gasteiger partial charge in [-0.25, -0.2) is 0 Å². The lowest BCUT2D eigenvalue weighted by Gasteiger charge is -2.44. The molecule has 1 spiro atoms. The molecule has 0 aliphatic carbocycles. The second-order valence-corrected chi connectivity index (χ2v) is 8.70. The lowest BCUT2D eigenvalue weighted by Crippen LogP contribution is -2.59. The molecule has 10 heteroatoms. The number of nitro benzene ring substituents is 1. The van der Waals surface area contributed by atoms with Crippen LogP contribution in [0.3, 0.4) is 0 Å². The van der Waals surface area contributed by atoms with Gasteiger partial charge in [0.05, 0.1) is 11.5 Å². The molecule has 2 aromatic rings. The van der Waals surface area contributed by atoms with Crippen LogP contribution in [0.4, 0.5) is 5.69 Å². The van der Waals surface area contributed by atoms with E-state index in [1.54, 1.807) is 40.1 Å². The van der Waals surface area contributed by atoms with Crippen LogP contribution in [0.1, 0.15) is 46.9 Å². The van der Waals surface area contributed by atoms with Crippen LogP contribution in [0, 0.1) is 10.1 Å². The SMILES string of the molecule is CCCNC(=O)[C@@H]1COC2(CCN(C(=O)c3cccc([N+](=O)[O-])c3)CC2)N1C(=O)c1ccccc1. The second-order valence-electron chi connectivity index (χ2n) is 8.70. The van der Waals surface area contributed by atoms with E-state index < -0.39 is 16.7 Å². The Hall–Kier alpha value is -3.79. The van der Waals surface area contributed by atoms with E-state index in [9.17, 15) is 24.5 Å². The fourth-order valence-electron chi connectivity index (χ4n) is 4.65. The third-order valence-electron chi connectivity index (χ3n) is 6.49. The summed E-state index contributed by atoms with van der Waals surface area (Å²) < 4.78 is 6.15. The molecule has 1 atom stereocenters. The fraction of sp³-hybridized carbons (Fsp3) is 0.400. The number of hydrogen-bond acceptors (Lipinski definition) is 6. The summed E-state index contributed by atoms with van der Waals surface area (Å²) in [5.41, 5.74) is -0.470. The minimum atomic E-state index is -1.01. The molecule has 2 saturated heterocycles. The summed E-state index contributed by atoms with van der Waals surface area (Å²) in [5.74, 6) is -0.874. The van der Waals surface area contributed by atoms with Crippen molar-refractivity contribution >= 4 is 23.4 Å². The van der Waals surface area contributed by atoms with Gasteiger partial charge in [-0.2, -0.15) is 0 Å². The Labute approximate surface area is 203 Å². The predicted octanol–water partition coefficient (Wildman–Crippen LogP) is 2.59. The van der Waals surface area contributed by atoms with Crippen LogP contribution >= 0.6 is 0 Å². The van der Waals surface area contributed by atoms with Crippen LogP contribution in [-0.2, 0) is 9.53 Å². The van der Waals surface area contributed by atoms with Gasteiger partial charge in [0.15, 0.2) is 0 Å². The van der Waals surface area contributed by atoms with Gasteiger partial charge in [-0.15, -0.1) is 0 Å². The van der Waals surface area contributed by atoms with E-state index in [2.05, 4.69) is 5.32 Å². The van der Waals surface area contributed by atoms with Crippen molar-refractivity contribution in [1.82, 2.24) is 15.1 Å². The van der Waals surface area contributed by atoms with Gasteiger partial charge in [0.1, 0.15) is 11.8 Å². The molecule has 0 bridgehead atoms. The fourth-order valence-corrected chi connectivity index (χ4v) is 4.65. The lowest BCUT2D eigenvalue weighted by atomic mass is 9.96. The van der Waals surface area contributed by atoms with E-state index in [4.69, 9.17) is 4.74 Å². The molecule has 2 aliphatic heterocycles. The molecule has 2 aromatic carbocycles. The normalized spacial score (nSPS) is 18.9. The second kappa shape index (κ2) is 10.2. The highest BCUT2D eigenvalue weighted by atomic mass is 16.6. The zero-order chi connectivity index (χ0) is 25.0. The van der Waals surface area contributed by atoms with Crippen LogP contribution in [0.25, 0.3) is 0 Å². The average molecular weight is 481 g/mol. The summed E-state index contributed by atoms with van der Waals surface area (Å²) >= 11 is 0. The first-order valence-corrected chi connectivity index (χ1v) is 11.7. The number of piperidine rings is 1. The van der Waals surface area contributed by atoms with Gasteiger partial charge in [-0.1, -0.05) is 31.2 Å². The van der Waals surface area contributed by atoms with Gasteiger partial charge in [0, 0.05) is 55.7 Å². The molecule has 0 aromatic heterocycles. The summed E-state index contributed by atoms with van der Waals surface area (Å²) in [6, 6.07) is 13.6. The topological polar surface area (TPSA) is 122 Å². The summed E-state index contributed by atoms with van der Waals surface area (Å²) in [6.45, 7) is 3.09. The minimum absolute atomic E-state index is 0.0763. The standard InChI is InChI=1S/C25H28N4O6/c1-2-13-26-22(30)21-17-35-25(28(21)24(32)18-7-4-3-5-8-18)11-14-27(15-12-25)23(31)19-9-6-10-20(16-19)29(33)34/h3-10,16,21H,2,11-15,17H2,1H3,(H,26,30)/t21-/m0/s1. The molecule has 0 saturated carbocycles. The van der Waals surface area contributed by atoms with Crippen LogP contribution < -0.4 is 5.32 Å². The highest BCUT2D eigenvalue weighted by Gasteiger charge is 2.54. The van der Waals surface area contributed by atoms with Crippen molar-refractivity contribution in [1.29, 1.82) is 0 Å². The number of nitrogens with one attached hydrogen (secondary N) is 1. The van der Waals surface area contributed by atoms with E-state index in [0.717, 1.165) is 6.42 Å². The van der Waals surface area contributed by atoms with Crippen LogP contribution in [0.2, 0.25) is 0 Å². The van der Waals surface area contributed by atoms with Gasteiger partial charge in [-0.05, 0) is 24.6 Å². The quantitative estimate of drug-likeness (QED) is 0.501. The number of hydrogen-bond donors (Lipinski definition) is 1. The first-order chi connectivity index (χ1) is 16.9. The Balaban J connectivity index is 1.55. The first-order valence-electron chi connectivity index (χ1n) is 11.7. The molecule has 4 rings (SSSR count). The third-order valence-corrected chi connectivity index (χ3v) is 6.49. The molecule has 35 heavy (non-hydrogen) atoms. The largest absolute Gasteiger partial charge is 0.354 e. The molecular formula is C25H28N4O6. The van der Waals surface area contributed by atoms with Gasteiger partial charge in [-0.3, -0.25) is 29.4 Å². The van der Waals surface area contributed by atoms with Crippen molar-refractivity contribution in [2.75, 3.05) is 26.2 Å². The van der Waals surface area contributed by atoms with Crippen molar-refractivity contribution in [3.05, 3.63) is 75.8 Å². The molecular weight excluding hydrogens is 452 g/mol. The van der Waals surface area contributed by atoms with Crippen molar-refractivity contribution in [3.8, 4) is 0 Å². The lowest BCUT2D eigenvalue weighted by molar-refractivity contribution is -0.384. The van der Waals surface area contributed by atoms with E-state index >= 15 is 0 Å². The Morgan fingerprint density at radius 3 is 2.40 bits per heavy atom. The number of non-ortho nitro benzene ring substituents is 1. The summed E-state index contributed by atoms with van der Waals surface area (Å²) in [4.78, 5) is 53.2. The molecule has 0 unspecified atom stereocenters. The average Bonchev–Trinajstić information content (AvgIpc) is 3.25. The van der Waals surface area contributed by atoms with Gasteiger partial charge < -0.3 is 15.0 Å². The maximum atomic E-state index is 13.6. The van der Waals surface area contributed by atoms with Crippen LogP contribution in [0.15, 0.2) is 54.6 Å². The maximum Gasteiger partial charge on any atom is 0.270 e. The number of ether oxygens (including phenoxy) is 1. The van der Waals surface area contributed by atoms with E-state index in [0.29, 0.717) is 24.9 Å². The summed E-state index contributed by atoms with van der Waals surface area (Å²) in [5, 5.41) is 13.9. The summed E-state index contributed by atoms with van der Waals surface area (Å²) in [7, 11) is 0. The van der Waals surface area contributed by atoms with E-state index in [1.165, 1.54) is 18.2 Å². The number of amides is 3. The number of carbonyl (C=O) groups excluding carboxylic acids is 3. The number of likely N-dealkylation sites (tertiary alicyclic amines) is 1. The van der Waals surface area contributed by atoms with Crippen LogP contribution in [-0.4, -0.2) is 70.5 Å². The Kier molecular flexibility index (Phi) is 7.11. The third kappa shape index (κ3) is 4.88. The number of rotatable bonds is 6. The zero-order valence-corrected chi connectivity index (χ0v) is 19.5. The molecule has 2 aliphatic rings. The number of carbonyl (C=O) groups is 3. The van der Waals surface area contributed by atoms with E-state index in [-0.39, 0.29) is 48.7 Å². The highest BCUT2D eigenvalue weighted by Crippen LogP contribution is 2.39. The Morgan fingerprint density at radius 1 is 1.06 bits per heavy atom. The molecule has 10 nitrogen and oxygen atoms in total. The molecule has 3 amide bonds. The van der Waals surface area contributed by atoms with E-state index in [1.807, 2.05) is 13.0 Å². The molecule has 0 radical (unpaired) electrons. The van der Waals surface area contributed by atoms with Crippen molar-refractivity contribution < 1.29 is 24.0 Å².